The van der Waals surface area contributed by atoms with E-state index in [1.165, 1.54) is 12.8 Å². The average molecular weight is 303 g/mol. The van der Waals surface area contributed by atoms with E-state index in [1.807, 2.05) is 12.1 Å². The predicted molar refractivity (Wildman–Crippen MR) is 65.1 cm³/mol. The molecule has 2 nitrogen and oxygen atoms in total. The molecule has 1 aromatic carbocycles. The highest BCUT2D eigenvalue weighted by molar-refractivity contribution is 14.1. The minimum absolute atomic E-state index is 0.00258. The first-order valence-corrected chi connectivity index (χ1v) is 5.98. The number of nitrogens with two attached hydrogens (primary N) is 1. The van der Waals surface area contributed by atoms with Crippen molar-refractivity contribution < 1.29 is 5.11 Å². The number of benzene rings is 1. The summed E-state index contributed by atoms with van der Waals surface area (Å²) in [6.45, 7) is 0. The van der Waals surface area contributed by atoms with E-state index in [4.69, 9.17) is 5.73 Å². The highest BCUT2D eigenvalue weighted by Crippen LogP contribution is 2.38. The minimum Gasteiger partial charge on any atom is -0.508 e. The van der Waals surface area contributed by atoms with Crippen LogP contribution in [0.1, 0.15) is 30.9 Å². The Labute approximate surface area is 97.6 Å². The maximum absolute atomic E-state index is 9.66. The standard InChI is InChI=1S/C11H14INO/c12-8-3-4-11(14)9(6-8)10(13)5-7-1-2-7/h3-4,6-7,10,14H,1-2,5,13H2. The molecule has 0 aliphatic heterocycles. The van der Waals surface area contributed by atoms with Crippen LogP contribution >= 0.6 is 22.6 Å². The van der Waals surface area contributed by atoms with Gasteiger partial charge in [0.25, 0.3) is 0 Å². The zero-order valence-electron chi connectivity index (χ0n) is 7.91. The van der Waals surface area contributed by atoms with Crippen molar-refractivity contribution in [1.82, 2.24) is 0 Å². The largest absolute Gasteiger partial charge is 0.508 e. The molecule has 1 saturated carbocycles. The number of hydrogen-bond acceptors (Lipinski definition) is 2. The molecule has 1 fully saturated rings. The number of aromatic hydroxyl groups is 1. The van der Waals surface area contributed by atoms with E-state index in [9.17, 15) is 5.11 Å². The maximum atomic E-state index is 9.66. The van der Waals surface area contributed by atoms with E-state index < -0.39 is 0 Å². The van der Waals surface area contributed by atoms with Gasteiger partial charge < -0.3 is 10.8 Å². The molecule has 14 heavy (non-hydrogen) atoms. The third kappa shape index (κ3) is 2.39. The topological polar surface area (TPSA) is 46.2 Å². The summed E-state index contributed by atoms with van der Waals surface area (Å²) in [6.07, 6.45) is 3.62. The summed E-state index contributed by atoms with van der Waals surface area (Å²) in [7, 11) is 0. The molecule has 76 valence electrons. The van der Waals surface area contributed by atoms with Gasteiger partial charge in [0.2, 0.25) is 0 Å². The fourth-order valence-corrected chi connectivity index (χ4v) is 2.18. The van der Waals surface area contributed by atoms with Gasteiger partial charge in [-0.3, -0.25) is 0 Å². The lowest BCUT2D eigenvalue weighted by atomic mass is 10.0. The van der Waals surface area contributed by atoms with Crippen molar-refractivity contribution in [3.63, 3.8) is 0 Å². The molecule has 1 aromatic rings. The zero-order valence-corrected chi connectivity index (χ0v) is 10.1. The van der Waals surface area contributed by atoms with Crippen molar-refractivity contribution in [2.75, 3.05) is 0 Å². The van der Waals surface area contributed by atoms with E-state index in [-0.39, 0.29) is 6.04 Å². The van der Waals surface area contributed by atoms with Crippen molar-refractivity contribution in [3.8, 4) is 5.75 Å². The first-order chi connectivity index (χ1) is 6.66. The van der Waals surface area contributed by atoms with Crippen LogP contribution < -0.4 is 5.73 Å². The number of hydrogen-bond donors (Lipinski definition) is 2. The molecule has 0 saturated heterocycles. The lowest BCUT2D eigenvalue weighted by molar-refractivity contribution is 0.455. The van der Waals surface area contributed by atoms with Crippen LogP contribution in [0.3, 0.4) is 0 Å². The van der Waals surface area contributed by atoms with Crippen LogP contribution in [0.4, 0.5) is 0 Å². The number of rotatable bonds is 3. The first-order valence-electron chi connectivity index (χ1n) is 4.91. The van der Waals surface area contributed by atoms with Gasteiger partial charge >= 0.3 is 0 Å². The van der Waals surface area contributed by atoms with E-state index in [0.29, 0.717) is 5.75 Å². The van der Waals surface area contributed by atoms with E-state index in [0.717, 1.165) is 21.5 Å². The van der Waals surface area contributed by atoms with Gasteiger partial charge in [0.1, 0.15) is 5.75 Å². The molecule has 3 N–H and O–H groups in total. The Kier molecular flexibility index (Phi) is 2.97. The van der Waals surface area contributed by atoms with Crippen LogP contribution in [0.15, 0.2) is 18.2 Å². The van der Waals surface area contributed by atoms with Gasteiger partial charge in [-0.2, -0.15) is 0 Å². The van der Waals surface area contributed by atoms with Crippen LogP contribution in [0, 0.1) is 9.49 Å². The van der Waals surface area contributed by atoms with E-state index in [1.54, 1.807) is 6.07 Å². The summed E-state index contributed by atoms with van der Waals surface area (Å²) in [4.78, 5) is 0. The van der Waals surface area contributed by atoms with E-state index >= 15 is 0 Å². The molecule has 1 unspecified atom stereocenters. The van der Waals surface area contributed by atoms with Crippen LogP contribution in [0.5, 0.6) is 5.75 Å². The molecule has 2 rings (SSSR count). The molecule has 0 bridgehead atoms. The fourth-order valence-electron chi connectivity index (χ4n) is 1.66. The van der Waals surface area contributed by atoms with Gasteiger partial charge in [-0.1, -0.05) is 12.8 Å². The highest BCUT2D eigenvalue weighted by Gasteiger charge is 2.25. The summed E-state index contributed by atoms with van der Waals surface area (Å²) in [5.74, 6) is 1.13. The lowest BCUT2D eigenvalue weighted by Crippen LogP contribution is -2.11. The summed E-state index contributed by atoms with van der Waals surface area (Å²) < 4.78 is 1.13. The second-order valence-corrected chi connectivity index (χ2v) is 5.23. The van der Waals surface area contributed by atoms with Gasteiger partial charge in [-0.05, 0) is 53.1 Å². The Morgan fingerprint density at radius 1 is 1.50 bits per heavy atom. The van der Waals surface area contributed by atoms with Gasteiger partial charge in [0.15, 0.2) is 0 Å². The molecule has 0 amide bonds. The number of halogens is 1. The molecular weight excluding hydrogens is 289 g/mol. The third-order valence-electron chi connectivity index (χ3n) is 2.67. The number of phenolic OH excluding ortho intramolecular Hbond substituents is 1. The maximum Gasteiger partial charge on any atom is 0.120 e. The van der Waals surface area contributed by atoms with Crippen LogP contribution in [-0.4, -0.2) is 5.11 Å². The summed E-state index contributed by atoms with van der Waals surface area (Å²) in [5.41, 5.74) is 6.93. The average Bonchev–Trinajstić information content (AvgIpc) is 2.93. The van der Waals surface area contributed by atoms with Gasteiger partial charge in [0, 0.05) is 15.2 Å². The Hall–Kier alpha value is -0.290. The minimum atomic E-state index is -0.00258. The summed E-state index contributed by atoms with van der Waals surface area (Å²) in [6, 6.07) is 5.59. The van der Waals surface area contributed by atoms with Crippen molar-refractivity contribution in [2.45, 2.75) is 25.3 Å². The first kappa shape index (κ1) is 10.2. The molecule has 0 aromatic heterocycles. The molecule has 0 radical (unpaired) electrons. The molecular formula is C11H14INO. The Morgan fingerprint density at radius 3 is 2.86 bits per heavy atom. The molecule has 1 aliphatic carbocycles. The lowest BCUT2D eigenvalue weighted by Gasteiger charge is -2.13. The number of phenols is 1. The summed E-state index contributed by atoms with van der Waals surface area (Å²) >= 11 is 2.24. The molecule has 1 atom stereocenters. The SMILES string of the molecule is NC(CC1CC1)c1cc(I)ccc1O. The van der Waals surface area contributed by atoms with Crippen molar-refractivity contribution in [2.24, 2.45) is 11.7 Å². The Bertz CT molecular complexity index is 336. The molecule has 3 heteroatoms. The van der Waals surface area contributed by atoms with Crippen LogP contribution in [0.25, 0.3) is 0 Å². The smallest absolute Gasteiger partial charge is 0.120 e. The highest BCUT2D eigenvalue weighted by atomic mass is 127. The molecule has 0 heterocycles. The zero-order chi connectivity index (χ0) is 10.1. The van der Waals surface area contributed by atoms with Crippen molar-refractivity contribution in [1.29, 1.82) is 0 Å². The van der Waals surface area contributed by atoms with Crippen molar-refractivity contribution >= 4 is 22.6 Å². The normalized spacial score (nSPS) is 18.1. The second kappa shape index (κ2) is 4.06. The molecule has 1 aliphatic rings. The van der Waals surface area contributed by atoms with Gasteiger partial charge in [-0.25, -0.2) is 0 Å². The van der Waals surface area contributed by atoms with E-state index in [2.05, 4.69) is 22.6 Å². The second-order valence-electron chi connectivity index (χ2n) is 3.99. The van der Waals surface area contributed by atoms with Gasteiger partial charge in [0.05, 0.1) is 0 Å². The monoisotopic (exact) mass is 303 g/mol. The van der Waals surface area contributed by atoms with Gasteiger partial charge in [-0.15, -0.1) is 0 Å². The molecule has 0 spiro atoms. The summed E-state index contributed by atoms with van der Waals surface area (Å²) in [5, 5.41) is 9.66. The fraction of sp³-hybridized carbons (Fsp3) is 0.455. The van der Waals surface area contributed by atoms with Crippen molar-refractivity contribution in [3.05, 3.63) is 27.3 Å². The Balaban J connectivity index is 2.15. The third-order valence-corrected chi connectivity index (χ3v) is 3.34. The Morgan fingerprint density at radius 2 is 2.21 bits per heavy atom. The van der Waals surface area contributed by atoms with Crippen LogP contribution in [0.2, 0.25) is 0 Å². The predicted octanol–water partition coefficient (Wildman–Crippen LogP) is 2.80. The van der Waals surface area contributed by atoms with Crippen LogP contribution in [-0.2, 0) is 0 Å². The quantitative estimate of drug-likeness (QED) is 0.844.